The molecule has 0 amide bonds. The molecule has 0 aliphatic heterocycles. The Kier molecular flexibility index (Phi) is 4.19. The minimum absolute atomic E-state index is 0.225. The number of rotatable bonds is 4. The number of aryl methyl sites for hydroxylation is 1. The van der Waals surface area contributed by atoms with E-state index in [1.165, 1.54) is 5.56 Å². The molecule has 0 aliphatic rings. The number of anilines is 2. The van der Waals surface area contributed by atoms with Crippen molar-refractivity contribution in [2.24, 2.45) is 0 Å². The van der Waals surface area contributed by atoms with Gasteiger partial charge in [-0.2, -0.15) is 0 Å². The summed E-state index contributed by atoms with van der Waals surface area (Å²) in [5.41, 5.74) is 4.40. The average molecular weight is 306 g/mol. The first-order valence-electron chi connectivity index (χ1n) is 7.46. The van der Waals surface area contributed by atoms with Crippen LogP contribution in [0.3, 0.4) is 0 Å². The van der Waals surface area contributed by atoms with Gasteiger partial charge in [0.1, 0.15) is 5.69 Å². The number of nitrogens with zero attached hydrogens (tertiary/aromatic N) is 2. The van der Waals surface area contributed by atoms with E-state index in [1.54, 1.807) is 0 Å². The van der Waals surface area contributed by atoms with Crippen molar-refractivity contribution in [3.8, 4) is 0 Å². The van der Waals surface area contributed by atoms with Crippen LogP contribution in [0.5, 0.6) is 0 Å². The molecule has 0 fully saturated rings. The molecule has 0 radical (unpaired) electrons. The molecular weight excluding hydrogens is 288 g/mol. The molecule has 2 N–H and O–H groups in total. The molecule has 0 saturated carbocycles. The number of benzene rings is 2. The summed E-state index contributed by atoms with van der Waals surface area (Å²) in [5.74, 6) is 0.348. The zero-order valence-electron chi connectivity index (χ0n) is 13.1. The van der Waals surface area contributed by atoms with Crippen molar-refractivity contribution in [1.82, 2.24) is 15.2 Å². The highest BCUT2D eigenvalue weighted by atomic mass is 16.1. The van der Waals surface area contributed by atoms with E-state index < -0.39 is 0 Å². The highest BCUT2D eigenvalue weighted by molar-refractivity contribution is 5.59. The van der Waals surface area contributed by atoms with Crippen LogP contribution in [0.2, 0.25) is 0 Å². The maximum absolute atomic E-state index is 12.2. The maximum Gasteiger partial charge on any atom is 0.274 e. The van der Waals surface area contributed by atoms with Gasteiger partial charge >= 0.3 is 0 Å². The number of H-pyrrole nitrogens is 1. The fourth-order valence-corrected chi connectivity index (χ4v) is 2.34. The Hall–Kier alpha value is -2.95. The second kappa shape index (κ2) is 6.44. The normalized spacial score (nSPS) is 10.5. The molecule has 116 valence electrons. The van der Waals surface area contributed by atoms with Crippen molar-refractivity contribution in [2.45, 2.75) is 20.3 Å². The fraction of sp³-hybridized carbons (Fsp3) is 0.167. The lowest BCUT2D eigenvalue weighted by atomic mass is 10.1. The zero-order chi connectivity index (χ0) is 16.2. The highest BCUT2D eigenvalue weighted by Gasteiger charge is 2.07. The Morgan fingerprint density at radius 1 is 1.00 bits per heavy atom. The largest absolute Gasteiger partial charge is 0.324 e. The van der Waals surface area contributed by atoms with Gasteiger partial charge in [0.2, 0.25) is 5.95 Å². The predicted octanol–water partition coefficient (Wildman–Crippen LogP) is 3.12. The summed E-state index contributed by atoms with van der Waals surface area (Å²) in [5, 5.41) is 11.3. The molecule has 1 aromatic heterocycles. The lowest BCUT2D eigenvalue weighted by Gasteiger charge is -2.10. The molecule has 23 heavy (non-hydrogen) atoms. The van der Waals surface area contributed by atoms with Crippen molar-refractivity contribution in [3.63, 3.8) is 0 Å². The van der Waals surface area contributed by atoms with Crippen LogP contribution >= 0.6 is 0 Å². The summed E-state index contributed by atoms with van der Waals surface area (Å²) >= 11 is 0. The van der Waals surface area contributed by atoms with Crippen molar-refractivity contribution in [3.05, 3.63) is 81.3 Å². The second-order valence-electron chi connectivity index (χ2n) is 5.48. The summed E-state index contributed by atoms with van der Waals surface area (Å²) in [6.45, 7) is 4.06. The summed E-state index contributed by atoms with van der Waals surface area (Å²) in [4.78, 5) is 14.9. The van der Waals surface area contributed by atoms with Gasteiger partial charge in [-0.05, 0) is 36.6 Å². The van der Waals surface area contributed by atoms with E-state index in [1.807, 2.05) is 62.4 Å². The van der Waals surface area contributed by atoms with Gasteiger partial charge in [-0.1, -0.05) is 42.5 Å². The summed E-state index contributed by atoms with van der Waals surface area (Å²) < 4.78 is 0. The minimum Gasteiger partial charge on any atom is -0.324 e. The van der Waals surface area contributed by atoms with Crippen LogP contribution in [0.25, 0.3) is 0 Å². The molecule has 3 aromatic rings. The SMILES string of the molecule is Cc1cccc(Nc2nnc(Cc3ccccc3)c(=O)[nH]2)c1C. The zero-order valence-corrected chi connectivity index (χ0v) is 13.1. The number of hydrogen-bond donors (Lipinski definition) is 2. The third-order valence-corrected chi connectivity index (χ3v) is 3.84. The molecule has 1 heterocycles. The first-order valence-corrected chi connectivity index (χ1v) is 7.46. The summed E-state index contributed by atoms with van der Waals surface area (Å²) in [6, 6.07) is 15.7. The van der Waals surface area contributed by atoms with E-state index >= 15 is 0 Å². The number of aromatic nitrogens is 3. The molecule has 0 spiro atoms. The van der Waals surface area contributed by atoms with Crippen LogP contribution in [0.1, 0.15) is 22.4 Å². The number of aromatic amines is 1. The highest BCUT2D eigenvalue weighted by Crippen LogP contribution is 2.20. The van der Waals surface area contributed by atoms with Crippen molar-refractivity contribution in [1.29, 1.82) is 0 Å². The predicted molar refractivity (Wildman–Crippen MR) is 91.1 cm³/mol. The molecule has 3 rings (SSSR count). The Morgan fingerprint density at radius 3 is 2.52 bits per heavy atom. The fourth-order valence-electron chi connectivity index (χ4n) is 2.34. The van der Waals surface area contributed by atoms with Crippen LogP contribution in [0.4, 0.5) is 11.6 Å². The third kappa shape index (κ3) is 3.45. The molecule has 0 atom stereocenters. The van der Waals surface area contributed by atoms with Crippen LogP contribution in [-0.2, 0) is 6.42 Å². The molecule has 0 aliphatic carbocycles. The molecule has 0 saturated heterocycles. The van der Waals surface area contributed by atoms with Crippen LogP contribution in [0.15, 0.2) is 53.3 Å². The molecule has 0 unspecified atom stereocenters. The third-order valence-electron chi connectivity index (χ3n) is 3.84. The lowest BCUT2D eigenvalue weighted by Crippen LogP contribution is -2.19. The molecule has 5 heteroatoms. The molecule has 5 nitrogen and oxygen atoms in total. The smallest absolute Gasteiger partial charge is 0.274 e. The van der Waals surface area contributed by atoms with E-state index in [0.29, 0.717) is 18.1 Å². The maximum atomic E-state index is 12.2. The van der Waals surface area contributed by atoms with Gasteiger partial charge in [-0.3, -0.25) is 9.78 Å². The van der Waals surface area contributed by atoms with Crippen LogP contribution in [-0.4, -0.2) is 15.2 Å². The van der Waals surface area contributed by atoms with Gasteiger partial charge in [0.05, 0.1) is 0 Å². The summed E-state index contributed by atoms with van der Waals surface area (Å²) in [6.07, 6.45) is 0.465. The second-order valence-corrected chi connectivity index (χ2v) is 5.48. The number of hydrogen-bond acceptors (Lipinski definition) is 4. The van der Waals surface area contributed by atoms with E-state index in [9.17, 15) is 4.79 Å². The van der Waals surface area contributed by atoms with E-state index in [2.05, 4.69) is 20.5 Å². The quantitative estimate of drug-likeness (QED) is 0.777. The van der Waals surface area contributed by atoms with Gasteiger partial charge in [-0.25, -0.2) is 0 Å². The van der Waals surface area contributed by atoms with Crippen LogP contribution < -0.4 is 10.9 Å². The van der Waals surface area contributed by atoms with E-state index in [-0.39, 0.29) is 5.56 Å². The standard InChI is InChI=1S/C18H18N4O/c1-12-7-6-10-15(13(12)2)19-18-20-17(23)16(21-22-18)11-14-8-4-3-5-9-14/h3-10H,11H2,1-2H3,(H2,19,20,22,23). The minimum atomic E-state index is -0.225. The van der Waals surface area contributed by atoms with E-state index in [0.717, 1.165) is 16.8 Å². The van der Waals surface area contributed by atoms with Gasteiger partial charge in [-0.15, -0.1) is 10.2 Å². The van der Waals surface area contributed by atoms with Crippen LogP contribution in [0, 0.1) is 13.8 Å². The average Bonchev–Trinajstić information content (AvgIpc) is 2.55. The van der Waals surface area contributed by atoms with Crippen molar-refractivity contribution in [2.75, 3.05) is 5.32 Å². The van der Waals surface area contributed by atoms with Gasteiger partial charge in [0, 0.05) is 12.1 Å². The van der Waals surface area contributed by atoms with Crippen molar-refractivity contribution < 1.29 is 0 Å². The Balaban J connectivity index is 1.82. The topological polar surface area (TPSA) is 70.7 Å². The first kappa shape index (κ1) is 15.0. The molecule has 0 bridgehead atoms. The van der Waals surface area contributed by atoms with Crippen molar-refractivity contribution >= 4 is 11.6 Å². The lowest BCUT2D eigenvalue weighted by molar-refractivity contribution is 0.873. The van der Waals surface area contributed by atoms with Gasteiger partial charge in [0.25, 0.3) is 5.56 Å². The van der Waals surface area contributed by atoms with E-state index in [4.69, 9.17) is 0 Å². The Morgan fingerprint density at radius 2 is 1.78 bits per heavy atom. The molecular formula is C18H18N4O. The van der Waals surface area contributed by atoms with Gasteiger partial charge < -0.3 is 5.32 Å². The Labute approximate surface area is 134 Å². The first-order chi connectivity index (χ1) is 11.1. The summed E-state index contributed by atoms with van der Waals surface area (Å²) in [7, 11) is 0. The molecule has 2 aromatic carbocycles. The monoisotopic (exact) mass is 306 g/mol. The van der Waals surface area contributed by atoms with Gasteiger partial charge in [0.15, 0.2) is 0 Å². The Bertz CT molecular complexity index is 872. The number of nitrogens with one attached hydrogen (secondary N) is 2.